The second-order valence-electron chi connectivity index (χ2n) is 7.71. The first kappa shape index (κ1) is 21.8. The van der Waals surface area contributed by atoms with E-state index in [-0.39, 0.29) is 5.91 Å². The Morgan fingerprint density at radius 2 is 1.65 bits per heavy atom. The zero-order valence-electron chi connectivity index (χ0n) is 17.1. The molecule has 0 unspecified atom stereocenters. The average molecular weight is 459 g/mol. The van der Waals surface area contributed by atoms with Gasteiger partial charge in [-0.05, 0) is 34.5 Å². The summed E-state index contributed by atoms with van der Waals surface area (Å²) in [5, 5.41) is 5.44. The number of quaternary nitrogens is 1. The molecule has 0 radical (unpaired) electrons. The predicted molar refractivity (Wildman–Crippen MR) is 122 cm³/mol. The minimum absolute atomic E-state index is 0.0687. The van der Waals surface area contributed by atoms with Crippen LogP contribution >= 0.6 is 11.6 Å². The smallest absolute Gasteiger partial charge is 0.275 e. The van der Waals surface area contributed by atoms with Gasteiger partial charge in [0.2, 0.25) is 10.0 Å². The first-order chi connectivity index (χ1) is 14.9. The topological polar surface area (TPSA) is 70.9 Å². The lowest BCUT2D eigenvalue weighted by Gasteiger charge is -2.31. The third-order valence-electron chi connectivity index (χ3n) is 5.63. The molecule has 0 atom stereocenters. The molecular weight excluding hydrogens is 434 g/mol. The number of carbonyl (C=O) groups is 1. The highest BCUT2D eigenvalue weighted by Gasteiger charge is 2.31. The van der Waals surface area contributed by atoms with Gasteiger partial charge in [-0.2, -0.15) is 4.31 Å². The van der Waals surface area contributed by atoms with Crippen LogP contribution in [-0.4, -0.2) is 51.4 Å². The normalized spacial score (nSPS) is 15.8. The highest BCUT2D eigenvalue weighted by molar-refractivity contribution is 7.89. The van der Waals surface area contributed by atoms with Crippen LogP contribution in [0.1, 0.15) is 5.56 Å². The Hall–Kier alpha value is -2.45. The number of amides is 1. The molecule has 6 nitrogen and oxygen atoms in total. The van der Waals surface area contributed by atoms with Crippen molar-refractivity contribution in [1.29, 1.82) is 0 Å². The molecule has 3 aromatic carbocycles. The van der Waals surface area contributed by atoms with E-state index in [0.29, 0.717) is 49.2 Å². The SMILES string of the molecule is O=C(C[NH+]1CCN(S(=O)(=O)c2ccc3ccccc3c2)CC1)NCc1ccccc1Cl. The molecule has 2 N–H and O–H groups in total. The summed E-state index contributed by atoms with van der Waals surface area (Å²) in [5.74, 6) is -0.0687. The second-order valence-corrected chi connectivity index (χ2v) is 10.1. The van der Waals surface area contributed by atoms with Crippen molar-refractivity contribution in [3.63, 3.8) is 0 Å². The van der Waals surface area contributed by atoms with Crippen molar-refractivity contribution < 1.29 is 18.1 Å². The average Bonchev–Trinajstić information content (AvgIpc) is 2.78. The Kier molecular flexibility index (Phi) is 6.57. The van der Waals surface area contributed by atoms with Gasteiger partial charge in [-0.25, -0.2) is 8.42 Å². The summed E-state index contributed by atoms with van der Waals surface area (Å²) in [5.41, 5.74) is 0.874. The molecule has 0 bridgehead atoms. The van der Waals surface area contributed by atoms with Crippen LogP contribution in [0.25, 0.3) is 10.8 Å². The molecule has 4 rings (SSSR count). The molecule has 0 aromatic heterocycles. The van der Waals surface area contributed by atoms with Gasteiger partial charge in [0.1, 0.15) is 0 Å². The van der Waals surface area contributed by atoms with Gasteiger partial charge < -0.3 is 10.2 Å². The molecular formula is C23H25ClN3O3S+. The van der Waals surface area contributed by atoms with Crippen LogP contribution in [0.5, 0.6) is 0 Å². The highest BCUT2D eigenvalue weighted by Crippen LogP contribution is 2.22. The number of piperazine rings is 1. The van der Waals surface area contributed by atoms with Gasteiger partial charge in [0.15, 0.2) is 6.54 Å². The Bertz CT molecular complexity index is 1190. The molecule has 1 amide bonds. The Balaban J connectivity index is 1.32. The Labute approximate surface area is 187 Å². The fourth-order valence-electron chi connectivity index (χ4n) is 3.82. The number of fused-ring (bicyclic) bond motifs is 1. The molecule has 8 heteroatoms. The van der Waals surface area contributed by atoms with Crippen LogP contribution in [-0.2, 0) is 21.4 Å². The van der Waals surface area contributed by atoms with E-state index in [4.69, 9.17) is 11.6 Å². The number of hydrogen-bond acceptors (Lipinski definition) is 3. The van der Waals surface area contributed by atoms with Crippen molar-refractivity contribution in [2.75, 3.05) is 32.7 Å². The lowest BCUT2D eigenvalue weighted by atomic mass is 10.1. The summed E-state index contributed by atoms with van der Waals surface area (Å²) in [6.07, 6.45) is 0. The maximum absolute atomic E-state index is 13.1. The summed E-state index contributed by atoms with van der Waals surface area (Å²) in [7, 11) is -3.55. The van der Waals surface area contributed by atoms with Crippen molar-refractivity contribution in [1.82, 2.24) is 9.62 Å². The number of carbonyl (C=O) groups excluding carboxylic acids is 1. The van der Waals surface area contributed by atoms with Crippen LogP contribution in [0.2, 0.25) is 5.02 Å². The van der Waals surface area contributed by atoms with E-state index in [1.54, 1.807) is 18.2 Å². The minimum atomic E-state index is -3.55. The molecule has 31 heavy (non-hydrogen) atoms. The van der Waals surface area contributed by atoms with Gasteiger partial charge in [0.25, 0.3) is 5.91 Å². The number of halogens is 1. The van der Waals surface area contributed by atoms with Crippen molar-refractivity contribution in [2.24, 2.45) is 0 Å². The second kappa shape index (κ2) is 9.36. The number of hydrogen-bond donors (Lipinski definition) is 2. The van der Waals surface area contributed by atoms with Crippen LogP contribution in [0.15, 0.2) is 71.6 Å². The maximum Gasteiger partial charge on any atom is 0.275 e. The van der Waals surface area contributed by atoms with Crippen LogP contribution in [0.3, 0.4) is 0 Å². The summed E-state index contributed by atoms with van der Waals surface area (Å²) in [6.45, 7) is 2.66. The van der Waals surface area contributed by atoms with E-state index in [2.05, 4.69) is 5.32 Å². The van der Waals surface area contributed by atoms with Gasteiger partial charge in [0, 0.05) is 11.6 Å². The molecule has 0 aliphatic carbocycles. The summed E-state index contributed by atoms with van der Waals surface area (Å²) >= 11 is 6.12. The Morgan fingerprint density at radius 3 is 2.39 bits per heavy atom. The first-order valence-corrected chi connectivity index (χ1v) is 12.1. The summed E-state index contributed by atoms with van der Waals surface area (Å²) < 4.78 is 27.7. The van der Waals surface area contributed by atoms with Crippen molar-refractivity contribution in [3.8, 4) is 0 Å². The molecule has 1 saturated heterocycles. The van der Waals surface area contributed by atoms with Crippen LogP contribution in [0.4, 0.5) is 0 Å². The monoisotopic (exact) mass is 458 g/mol. The van der Waals surface area contributed by atoms with E-state index in [0.717, 1.165) is 21.2 Å². The lowest BCUT2D eigenvalue weighted by Crippen LogP contribution is -3.15. The van der Waals surface area contributed by atoms with Gasteiger partial charge >= 0.3 is 0 Å². The number of nitrogens with one attached hydrogen (secondary N) is 2. The molecule has 1 heterocycles. The number of rotatable bonds is 6. The summed E-state index contributed by atoms with van der Waals surface area (Å²) in [4.78, 5) is 13.7. The fourth-order valence-corrected chi connectivity index (χ4v) is 5.50. The number of benzene rings is 3. The molecule has 1 aliphatic heterocycles. The molecule has 0 saturated carbocycles. The highest BCUT2D eigenvalue weighted by atomic mass is 35.5. The maximum atomic E-state index is 13.1. The van der Waals surface area contributed by atoms with Crippen LogP contribution in [0, 0.1) is 0 Å². The largest absolute Gasteiger partial charge is 0.347 e. The number of nitrogens with zero attached hydrogens (tertiary/aromatic N) is 1. The van der Waals surface area contributed by atoms with Gasteiger partial charge in [-0.1, -0.05) is 60.1 Å². The van der Waals surface area contributed by atoms with Crippen molar-refractivity contribution in [2.45, 2.75) is 11.4 Å². The van der Waals surface area contributed by atoms with E-state index in [9.17, 15) is 13.2 Å². The lowest BCUT2D eigenvalue weighted by molar-refractivity contribution is -0.895. The van der Waals surface area contributed by atoms with Gasteiger partial charge in [0.05, 0.1) is 31.1 Å². The van der Waals surface area contributed by atoms with E-state index in [1.165, 1.54) is 4.31 Å². The van der Waals surface area contributed by atoms with Crippen molar-refractivity contribution in [3.05, 3.63) is 77.3 Å². The van der Waals surface area contributed by atoms with E-state index >= 15 is 0 Å². The van der Waals surface area contributed by atoms with E-state index < -0.39 is 10.0 Å². The van der Waals surface area contributed by atoms with Gasteiger partial charge in [-0.15, -0.1) is 0 Å². The molecule has 1 aliphatic rings. The number of sulfonamides is 1. The first-order valence-electron chi connectivity index (χ1n) is 10.3. The fraction of sp³-hybridized carbons (Fsp3) is 0.261. The molecule has 3 aromatic rings. The Morgan fingerprint density at radius 1 is 0.968 bits per heavy atom. The summed E-state index contributed by atoms with van der Waals surface area (Å²) in [6, 6.07) is 20.4. The zero-order chi connectivity index (χ0) is 21.8. The standard InChI is InChI=1S/C23H24ClN3O3S/c24-22-8-4-3-7-20(22)16-25-23(28)17-26-11-13-27(14-12-26)31(29,30)21-10-9-18-5-1-2-6-19(18)15-21/h1-10,15H,11-14,16-17H2,(H,25,28)/p+1. The predicted octanol–water partition coefficient (Wildman–Crippen LogP) is 1.70. The van der Waals surface area contributed by atoms with E-state index in [1.807, 2.05) is 48.5 Å². The molecule has 1 fully saturated rings. The van der Waals surface area contributed by atoms with Crippen LogP contribution < -0.4 is 10.2 Å². The molecule has 162 valence electrons. The zero-order valence-corrected chi connectivity index (χ0v) is 18.6. The minimum Gasteiger partial charge on any atom is -0.347 e. The third kappa shape index (κ3) is 5.07. The van der Waals surface area contributed by atoms with Gasteiger partial charge in [-0.3, -0.25) is 4.79 Å². The molecule has 0 spiro atoms. The van der Waals surface area contributed by atoms with Crippen molar-refractivity contribution >= 4 is 38.3 Å². The third-order valence-corrected chi connectivity index (χ3v) is 7.90. The quantitative estimate of drug-likeness (QED) is 0.590.